The van der Waals surface area contributed by atoms with Crippen LogP contribution >= 0.6 is 0 Å². The van der Waals surface area contributed by atoms with Crippen LogP contribution in [0.3, 0.4) is 0 Å². The Labute approximate surface area is 230 Å². The molecule has 1 aliphatic carbocycles. The van der Waals surface area contributed by atoms with Crippen molar-refractivity contribution in [3.05, 3.63) is 131 Å². The van der Waals surface area contributed by atoms with Crippen LogP contribution in [0, 0.1) is 11.6 Å². The van der Waals surface area contributed by atoms with Gasteiger partial charge in [0.25, 0.3) is 0 Å². The minimum atomic E-state index is -1.21. The number of fused-ring (bicyclic) bond motifs is 3. The third-order valence-electron chi connectivity index (χ3n) is 6.63. The predicted molar refractivity (Wildman–Crippen MR) is 144 cm³/mol. The summed E-state index contributed by atoms with van der Waals surface area (Å²) in [5.41, 5.74) is 5.32. The lowest BCUT2D eigenvalue weighted by Gasteiger charge is -2.19. The first-order valence-corrected chi connectivity index (χ1v) is 12.8. The molecule has 0 radical (unpaired) electrons. The van der Waals surface area contributed by atoms with Crippen molar-refractivity contribution < 1.29 is 32.6 Å². The highest BCUT2D eigenvalue weighted by atomic mass is 19.1. The van der Waals surface area contributed by atoms with E-state index in [1.807, 2.05) is 48.5 Å². The molecule has 0 fully saturated rings. The highest BCUT2D eigenvalue weighted by Gasteiger charge is 2.30. The number of carbonyl (C=O) groups is 2. The molecule has 0 aromatic heterocycles. The van der Waals surface area contributed by atoms with Gasteiger partial charge < -0.3 is 19.5 Å². The summed E-state index contributed by atoms with van der Waals surface area (Å²) in [6, 6.07) is 26.2. The van der Waals surface area contributed by atoms with Gasteiger partial charge in [0.1, 0.15) is 24.8 Å². The lowest BCUT2D eigenvalue weighted by Crippen LogP contribution is -2.45. The molecule has 0 heterocycles. The van der Waals surface area contributed by atoms with Crippen LogP contribution in [0.4, 0.5) is 13.6 Å². The molecule has 0 saturated carbocycles. The van der Waals surface area contributed by atoms with Gasteiger partial charge >= 0.3 is 12.1 Å². The zero-order valence-corrected chi connectivity index (χ0v) is 21.5. The molecule has 4 aromatic rings. The van der Waals surface area contributed by atoms with Crippen molar-refractivity contribution in [2.45, 2.75) is 25.2 Å². The highest BCUT2D eigenvalue weighted by Crippen LogP contribution is 2.44. The quantitative estimate of drug-likeness (QED) is 0.244. The first kappa shape index (κ1) is 27.0. The third kappa shape index (κ3) is 6.52. The Morgan fingerprint density at radius 3 is 1.90 bits per heavy atom. The number of carbonyl (C=O) groups excluding carboxylic acids is 2. The van der Waals surface area contributed by atoms with Crippen molar-refractivity contribution in [1.82, 2.24) is 5.32 Å². The summed E-state index contributed by atoms with van der Waals surface area (Å²) in [5.74, 6) is -1.80. The molecule has 204 valence electrons. The molecule has 6 nitrogen and oxygen atoms in total. The van der Waals surface area contributed by atoms with E-state index in [4.69, 9.17) is 14.2 Å². The van der Waals surface area contributed by atoms with E-state index in [1.54, 1.807) is 18.2 Å². The molecule has 1 N–H and O–H groups in total. The molecule has 1 atom stereocenters. The summed E-state index contributed by atoms with van der Waals surface area (Å²) in [4.78, 5) is 25.7. The first-order valence-electron chi connectivity index (χ1n) is 12.8. The van der Waals surface area contributed by atoms with Gasteiger partial charge in [0.2, 0.25) is 0 Å². The second-order valence-corrected chi connectivity index (χ2v) is 9.41. The Kier molecular flexibility index (Phi) is 8.47. The smallest absolute Gasteiger partial charge is 0.407 e. The fourth-order valence-electron chi connectivity index (χ4n) is 4.75. The number of nitrogens with one attached hydrogen (secondary N) is 1. The summed E-state index contributed by atoms with van der Waals surface area (Å²) < 4.78 is 43.5. The van der Waals surface area contributed by atoms with Crippen LogP contribution in [0.2, 0.25) is 0 Å². The fourth-order valence-corrected chi connectivity index (χ4v) is 4.75. The van der Waals surface area contributed by atoms with E-state index < -0.39 is 29.7 Å². The average molecular weight is 544 g/mol. The fraction of sp³-hybridized carbons (Fsp3) is 0.188. The SMILES string of the molecule is O=C(N[C@@H](COCc1cccc(F)c1)C(=O)OCc1cccc(F)c1)OCC1c2ccccc2-c2ccccc21. The van der Waals surface area contributed by atoms with Crippen LogP contribution in [0.5, 0.6) is 0 Å². The summed E-state index contributed by atoms with van der Waals surface area (Å²) in [6.45, 7) is -0.362. The topological polar surface area (TPSA) is 73.9 Å². The van der Waals surface area contributed by atoms with Crippen LogP contribution in [-0.2, 0) is 32.2 Å². The maximum Gasteiger partial charge on any atom is 0.407 e. The van der Waals surface area contributed by atoms with Gasteiger partial charge in [-0.3, -0.25) is 0 Å². The Hall–Kier alpha value is -4.56. The standard InChI is InChI=1S/C32H27F2NO5/c33-23-9-5-7-21(15-23)17-38-20-30(31(36)39-18-22-8-6-10-24(34)16-22)35-32(37)40-19-29-27-13-3-1-11-25(27)26-12-2-4-14-28(26)29/h1-16,29-30H,17-20H2,(H,35,37)/t30-/m0/s1. The average Bonchev–Trinajstić information content (AvgIpc) is 3.28. The maximum absolute atomic E-state index is 13.5. The van der Waals surface area contributed by atoms with E-state index in [2.05, 4.69) is 5.32 Å². The zero-order chi connectivity index (χ0) is 27.9. The van der Waals surface area contributed by atoms with Crippen molar-refractivity contribution in [3.8, 4) is 11.1 Å². The molecule has 0 saturated heterocycles. The third-order valence-corrected chi connectivity index (χ3v) is 6.63. The van der Waals surface area contributed by atoms with Gasteiger partial charge in [0, 0.05) is 5.92 Å². The van der Waals surface area contributed by atoms with Crippen LogP contribution < -0.4 is 5.32 Å². The lowest BCUT2D eigenvalue weighted by atomic mass is 9.98. The van der Waals surface area contributed by atoms with Gasteiger partial charge in [0.05, 0.1) is 13.2 Å². The number of alkyl carbamates (subject to hydrolysis) is 1. The molecule has 0 bridgehead atoms. The number of hydrogen-bond acceptors (Lipinski definition) is 5. The van der Waals surface area contributed by atoms with E-state index in [0.29, 0.717) is 11.1 Å². The van der Waals surface area contributed by atoms with Gasteiger partial charge in [-0.05, 0) is 57.6 Å². The second-order valence-electron chi connectivity index (χ2n) is 9.41. The molecule has 0 unspecified atom stereocenters. The Balaban J connectivity index is 1.23. The number of ether oxygens (including phenoxy) is 3. The molecule has 40 heavy (non-hydrogen) atoms. The molecule has 5 rings (SSSR count). The van der Waals surface area contributed by atoms with Crippen molar-refractivity contribution >= 4 is 12.1 Å². The van der Waals surface area contributed by atoms with Crippen LogP contribution in [0.25, 0.3) is 11.1 Å². The predicted octanol–water partition coefficient (Wildman–Crippen LogP) is 6.13. The molecule has 1 aliphatic rings. The Bertz CT molecular complexity index is 1460. The highest BCUT2D eigenvalue weighted by molar-refractivity contribution is 5.82. The molecule has 4 aromatic carbocycles. The summed E-state index contributed by atoms with van der Waals surface area (Å²) in [5, 5.41) is 2.53. The number of esters is 1. The molecular weight excluding hydrogens is 516 g/mol. The van der Waals surface area contributed by atoms with E-state index in [1.165, 1.54) is 30.3 Å². The molecule has 8 heteroatoms. The number of rotatable bonds is 10. The summed E-state index contributed by atoms with van der Waals surface area (Å²) in [7, 11) is 0. The lowest BCUT2D eigenvalue weighted by molar-refractivity contribution is -0.149. The summed E-state index contributed by atoms with van der Waals surface area (Å²) in [6.07, 6.45) is -0.816. The van der Waals surface area contributed by atoms with E-state index in [-0.39, 0.29) is 32.3 Å². The van der Waals surface area contributed by atoms with Crippen molar-refractivity contribution in [2.24, 2.45) is 0 Å². The molecule has 1 amide bonds. The monoisotopic (exact) mass is 543 g/mol. The van der Waals surface area contributed by atoms with Gasteiger partial charge in [-0.25, -0.2) is 18.4 Å². The number of benzene rings is 4. The van der Waals surface area contributed by atoms with Crippen molar-refractivity contribution in [3.63, 3.8) is 0 Å². The van der Waals surface area contributed by atoms with Crippen molar-refractivity contribution in [2.75, 3.05) is 13.2 Å². The normalized spacial score (nSPS) is 12.8. The summed E-state index contributed by atoms with van der Waals surface area (Å²) >= 11 is 0. The van der Waals surface area contributed by atoms with Gasteiger partial charge in [-0.2, -0.15) is 0 Å². The van der Waals surface area contributed by atoms with Crippen LogP contribution in [-0.4, -0.2) is 31.3 Å². The van der Waals surface area contributed by atoms with E-state index in [9.17, 15) is 18.4 Å². The molecule has 0 aliphatic heterocycles. The first-order chi connectivity index (χ1) is 19.5. The number of amides is 1. The Morgan fingerprint density at radius 2 is 1.30 bits per heavy atom. The Morgan fingerprint density at radius 1 is 0.725 bits per heavy atom. The van der Waals surface area contributed by atoms with E-state index >= 15 is 0 Å². The molecular formula is C32H27F2NO5. The minimum Gasteiger partial charge on any atom is -0.459 e. The van der Waals surface area contributed by atoms with Gasteiger partial charge in [-0.1, -0.05) is 72.8 Å². The maximum atomic E-state index is 13.5. The van der Waals surface area contributed by atoms with Gasteiger partial charge in [-0.15, -0.1) is 0 Å². The second kappa shape index (κ2) is 12.5. The van der Waals surface area contributed by atoms with Crippen LogP contribution in [0.15, 0.2) is 97.1 Å². The van der Waals surface area contributed by atoms with E-state index in [0.717, 1.165) is 22.3 Å². The largest absolute Gasteiger partial charge is 0.459 e. The number of halogens is 2. The van der Waals surface area contributed by atoms with Crippen LogP contribution in [0.1, 0.15) is 28.2 Å². The minimum absolute atomic E-state index is 0.0117. The van der Waals surface area contributed by atoms with Crippen molar-refractivity contribution in [1.29, 1.82) is 0 Å². The molecule has 0 spiro atoms. The zero-order valence-electron chi connectivity index (χ0n) is 21.5. The van der Waals surface area contributed by atoms with Gasteiger partial charge in [0.15, 0.2) is 6.04 Å². The number of hydrogen-bond donors (Lipinski definition) is 1.